The molecular weight excluding hydrogens is 202 g/mol. The maximum Gasteiger partial charge on any atom is 0.244 e. The van der Waals surface area contributed by atoms with E-state index in [9.17, 15) is 9.90 Å². The fourth-order valence-electron chi connectivity index (χ4n) is 2.11. The summed E-state index contributed by atoms with van der Waals surface area (Å²) >= 11 is 0. The lowest BCUT2D eigenvalue weighted by Crippen LogP contribution is -2.52. The molecule has 0 aromatic rings. The average molecular weight is 223 g/mol. The highest BCUT2D eigenvalue weighted by Gasteiger charge is 2.32. The number of hydrogen-bond acceptors (Lipinski definition) is 2. The molecule has 0 radical (unpaired) electrons. The van der Waals surface area contributed by atoms with E-state index in [1.54, 1.807) is 6.08 Å². The molecule has 0 heterocycles. The lowest BCUT2D eigenvalue weighted by molar-refractivity contribution is -0.119. The minimum atomic E-state index is -0.379. The van der Waals surface area contributed by atoms with Crippen molar-refractivity contribution in [3.63, 3.8) is 0 Å². The van der Waals surface area contributed by atoms with Gasteiger partial charge in [0.15, 0.2) is 0 Å². The smallest absolute Gasteiger partial charge is 0.244 e. The highest BCUT2D eigenvalue weighted by molar-refractivity contribution is 5.88. The maximum atomic E-state index is 11.6. The first kappa shape index (κ1) is 13.0. The molecule has 16 heavy (non-hydrogen) atoms. The molecule has 1 aliphatic carbocycles. The Balaban J connectivity index is 2.52. The van der Waals surface area contributed by atoms with Gasteiger partial charge in [0, 0.05) is 6.08 Å². The van der Waals surface area contributed by atoms with Gasteiger partial charge in [-0.15, -0.1) is 0 Å². The molecule has 0 saturated heterocycles. The molecule has 1 rings (SSSR count). The van der Waals surface area contributed by atoms with Crippen molar-refractivity contribution in [3.8, 4) is 0 Å². The van der Waals surface area contributed by atoms with E-state index in [2.05, 4.69) is 5.32 Å². The molecule has 0 aromatic carbocycles. The first-order chi connectivity index (χ1) is 7.72. The van der Waals surface area contributed by atoms with E-state index >= 15 is 0 Å². The number of hydrogen-bond donors (Lipinski definition) is 2. The summed E-state index contributed by atoms with van der Waals surface area (Å²) in [4.78, 5) is 11.6. The van der Waals surface area contributed by atoms with Gasteiger partial charge < -0.3 is 10.4 Å². The van der Waals surface area contributed by atoms with Crippen LogP contribution in [0.1, 0.15) is 39.0 Å². The van der Waals surface area contributed by atoms with Crippen molar-refractivity contribution in [2.45, 2.75) is 44.6 Å². The van der Waals surface area contributed by atoms with Crippen molar-refractivity contribution in [2.75, 3.05) is 6.61 Å². The third-order valence-corrected chi connectivity index (χ3v) is 3.05. The molecule has 3 nitrogen and oxygen atoms in total. The lowest BCUT2D eigenvalue weighted by Gasteiger charge is -2.36. The van der Waals surface area contributed by atoms with Gasteiger partial charge in [-0.2, -0.15) is 0 Å². The zero-order chi connectivity index (χ0) is 11.9. The van der Waals surface area contributed by atoms with Crippen LogP contribution < -0.4 is 5.32 Å². The van der Waals surface area contributed by atoms with Gasteiger partial charge in [0.25, 0.3) is 0 Å². The van der Waals surface area contributed by atoms with Gasteiger partial charge >= 0.3 is 0 Å². The van der Waals surface area contributed by atoms with Crippen molar-refractivity contribution in [2.24, 2.45) is 0 Å². The topological polar surface area (TPSA) is 49.3 Å². The van der Waals surface area contributed by atoms with Gasteiger partial charge in [-0.3, -0.25) is 4.79 Å². The highest BCUT2D eigenvalue weighted by Crippen LogP contribution is 2.27. The second-order valence-corrected chi connectivity index (χ2v) is 4.37. The molecule has 1 aliphatic rings. The van der Waals surface area contributed by atoms with Gasteiger partial charge in [-0.1, -0.05) is 37.5 Å². The van der Waals surface area contributed by atoms with E-state index < -0.39 is 0 Å². The summed E-state index contributed by atoms with van der Waals surface area (Å²) in [7, 11) is 0. The second-order valence-electron chi connectivity index (χ2n) is 4.37. The van der Waals surface area contributed by atoms with Gasteiger partial charge in [0.2, 0.25) is 5.91 Å². The van der Waals surface area contributed by atoms with Crippen LogP contribution in [-0.2, 0) is 4.79 Å². The number of carbonyl (C=O) groups excluding carboxylic acids is 1. The predicted octanol–water partition coefficient (Wildman–Crippen LogP) is 1.93. The summed E-state index contributed by atoms with van der Waals surface area (Å²) < 4.78 is 0. The summed E-state index contributed by atoms with van der Waals surface area (Å²) in [5.41, 5.74) is -0.379. The number of allylic oxidation sites excluding steroid dienone is 3. The van der Waals surface area contributed by atoms with E-state index in [4.69, 9.17) is 0 Å². The summed E-state index contributed by atoms with van der Waals surface area (Å²) in [5.74, 6) is -0.117. The standard InChI is InChI=1S/C13H21NO2/c1-2-3-5-8-12(16)14-13(11-15)9-6-4-7-10-13/h2-3,5,8,15H,4,6-7,9-11H2,1H3,(H,14,16). The van der Waals surface area contributed by atoms with Crippen molar-refractivity contribution in [1.82, 2.24) is 5.32 Å². The Morgan fingerprint density at radius 2 is 2.00 bits per heavy atom. The lowest BCUT2D eigenvalue weighted by atomic mass is 9.82. The minimum Gasteiger partial charge on any atom is -0.394 e. The van der Waals surface area contributed by atoms with Gasteiger partial charge in [0.05, 0.1) is 12.1 Å². The Bertz CT molecular complexity index is 276. The zero-order valence-electron chi connectivity index (χ0n) is 9.91. The molecule has 1 fully saturated rings. The Hall–Kier alpha value is -1.09. The molecule has 1 saturated carbocycles. The van der Waals surface area contributed by atoms with Crippen LogP contribution in [0.3, 0.4) is 0 Å². The Kier molecular flexibility index (Phi) is 5.26. The second kappa shape index (κ2) is 6.48. The summed E-state index contributed by atoms with van der Waals surface area (Å²) in [5, 5.41) is 12.3. The molecule has 0 spiro atoms. The summed E-state index contributed by atoms with van der Waals surface area (Å²) in [6.45, 7) is 1.94. The van der Waals surface area contributed by atoms with E-state index in [-0.39, 0.29) is 18.1 Å². The number of aliphatic hydroxyl groups is 1. The molecule has 0 bridgehead atoms. The minimum absolute atomic E-state index is 0.0379. The van der Waals surface area contributed by atoms with Crippen molar-refractivity contribution >= 4 is 5.91 Å². The van der Waals surface area contributed by atoms with Crippen LogP contribution in [0.15, 0.2) is 24.3 Å². The molecule has 3 heteroatoms. The average Bonchev–Trinajstić information content (AvgIpc) is 2.30. The number of aliphatic hydroxyl groups excluding tert-OH is 1. The summed E-state index contributed by atoms with van der Waals surface area (Å²) in [6, 6.07) is 0. The van der Waals surface area contributed by atoms with Crippen molar-refractivity contribution < 1.29 is 9.90 Å². The highest BCUT2D eigenvalue weighted by atomic mass is 16.3. The van der Waals surface area contributed by atoms with E-state index in [0.717, 1.165) is 25.7 Å². The quantitative estimate of drug-likeness (QED) is 0.565. The van der Waals surface area contributed by atoms with Crippen LogP contribution in [0.4, 0.5) is 0 Å². The number of carbonyl (C=O) groups is 1. The van der Waals surface area contributed by atoms with Crippen LogP contribution in [0.5, 0.6) is 0 Å². The van der Waals surface area contributed by atoms with Gasteiger partial charge in [-0.25, -0.2) is 0 Å². The molecule has 2 N–H and O–H groups in total. The molecular formula is C13H21NO2. The molecule has 0 atom stereocenters. The van der Waals surface area contributed by atoms with Crippen molar-refractivity contribution in [3.05, 3.63) is 24.3 Å². The maximum absolute atomic E-state index is 11.6. The largest absolute Gasteiger partial charge is 0.394 e. The molecule has 0 aromatic heterocycles. The van der Waals surface area contributed by atoms with Gasteiger partial charge in [0.1, 0.15) is 0 Å². The first-order valence-electron chi connectivity index (χ1n) is 5.95. The SMILES string of the molecule is CC=CC=CC(=O)NC1(CO)CCCCC1. The monoisotopic (exact) mass is 223 g/mol. The van der Waals surface area contributed by atoms with Crippen LogP contribution in [-0.4, -0.2) is 23.2 Å². The number of nitrogens with one attached hydrogen (secondary N) is 1. The fraction of sp³-hybridized carbons (Fsp3) is 0.615. The molecule has 90 valence electrons. The third kappa shape index (κ3) is 3.81. The van der Waals surface area contributed by atoms with E-state index in [0.29, 0.717) is 0 Å². The van der Waals surface area contributed by atoms with Crippen LogP contribution in [0, 0.1) is 0 Å². The molecule has 0 unspecified atom stereocenters. The molecule has 0 aliphatic heterocycles. The van der Waals surface area contributed by atoms with Gasteiger partial charge in [-0.05, 0) is 19.8 Å². The summed E-state index contributed by atoms with van der Waals surface area (Å²) in [6.07, 6.45) is 12.0. The third-order valence-electron chi connectivity index (χ3n) is 3.05. The number of rotatable bonds is 4. The van der Waals surface area contributed by atoms with E-state index in [1.807, 2.05) is 19.1 Å². The fourth-order valence-corrected chi connectivity index (χ4v) is 2.11. The van der Waals surface area contributed by atoms with Crippen LogP contribution in [0.2, 0.25) is 0 Å². The Morgan fingerprint density at radius 3 is 2.56 bits per heavy atom. The van der Waals surface area contributed by atoms with Crippen molar-refractivity contribution in [1.29, 1.82) is 0 Å². The zero-order valence-corrected chi connectivity index (χ0v) is 9.91. The Labute approximate surface area is 97.2 Å². The predicted molar refractivity (Wildman–Crippen MR) is 65.0 cm³/mol. The molecule has 1 amide bonds. The van der Waals surface area contributed by atoms with Crippen LogP contribution in [0.25, 0.3) is 0 Å². The van der Waals surface area contributed by atoms with E-state index in [1.165, 1.54) is 12.5 Å². The van der Waals surface area contributed by atoms with Crippen LogP contribution >= 0.6 is 0 Å². The first-order valence-corrected chi connectivity index (χ1v) is 5.95. The normalized spacial score (nSPS) is 20.4. The Morgan fingerprint density at radius 1 is 1.31 bits per heavy atom. The number of amides is 1.